The summed E-state index contributed by atoms with van der Waals surface area (Å²) in [7, 11) is 0. The number of fused-ring (bicyclic) bond motifs is 3. The molecule has 3 aliphatic rings. The summed E-state index contributed by atoms with van der Waals surface area (Å²) in [6, 6.07) is 15.0. The van der Waals surface area contributed by atoms with Crippen molar-refractivity contribution in [2.45, 2.75) is 50.6 Å². The molecule has 1 N–H and O–H groups in total. The summed E-state index contributed by atoms with van der Waals surface area (Å²) in [4.78, 5) is 15.2. The maximum Gasteiger partial charge on any atom is 0.254 e. The fourth-order valence-corrected chi connectivity index (χ4v) is 5.42. The Morgan fingerprint density at radius 3 is 2.76 bits per heavy atom. The molecule has 3 nitrogen and oxygen atoms in total. The second-order valence-corrected chi connectivity index (χ2v) is 9.11. The van der Waals surface area contributed by atoms with Crippen molar-refractivity contribution in [1.29, 1.82) is 0 Å². The lowest BCUT2D eigenvalue weighted by molar-refractivity contribution is 0.0635. The van der Waals surface area contributed by atoms with Crippen LogP contribution in [0.25, 0.3) is 0 Å². The Labute approximate surface area is 177 Å². The molecule has 0 spiro atoms. The number of rotatable bonds is 2. The van der Waals surface area contributed by atoms with Crippen molar-refractivity contribution >= 4 is 23.2 Å². The van der Waals surface area contributed by atoms with Crippen LogP contribution in [0, 0.1) is 5.92 Å². The van der Waals surface area contributed by atoms with E-state index >= 15 is 0 Å². The van der Waals surface area contributed by atoms with Gasteiger partial charge < -0.3 is 10.2 Å². The number of hydrogen-bond acceptors (Lipinski definition) is 2. The quantitative estimate of drug-likeness (QED) is 0.604. The molecule has 4 atom stereocenters. The molecule has 0 radical (unpaired) electrons. The predicted octanol–water partition coefficient (Wildman–Crippen LogP) is 6.18. The smallest absolute Gasteiger partial charge is 0.254 e. The zero-order valence-corrected chi connectivity index (χ0v) is 17.5. The third-order valence-electron chi connectivity index (χ3n) is 6.90. The molecule has 2 aliphatic heterocycles. The first-order valence-electron chi connectivity index (χ1n) is 10.8. The molecule has 2 aromatic carbocycles. The summed E-state index contributed by atoms with van der Waals surface area (Å²) < 4.78 is 0. The van der Waals surface area contributed by atoms with Gasteiger partial charge in [0.2, 0.25) is 0 Å². The molecule has 0 bridgehead atoms. The molecule has 0 saturated carbocycles. The minimum absolute atomic E-state index is 0.179. The van der Waals surface area contributed by atoms with Crippen molar-refractivity contribution in [1.82, 2.24) is 4.90 Å². The van der Waals surface area contributed by atoms with Crippen LogP contribution in [-0.4, -0.2) is 23.4 Å². The van der Waals surface area contributed by atoms with Crippen LogP contribution in [0.15, 0.2) is 54.6 Å². The summed E-state index contributed by atoms with van der Waals surface area (Å²) in [5.41, 5.74) is 4.48. The predicted molar refractivity (Wildman–Crippen MR) is 119 cm³/mol. The lowest BCUT2D eigenvalue weighted by Gasteiger charge is -2.38. The number of nitrogens with zero attached hydrogens (tertiary/aromatic N) is 1. The first kappa shape index (κ1) is 18.7. The number of anilines is 1. The lowest BCUT2D eigenvalue weighted by atomic mass is 9.76. The van der Waals surface area contributed by atoms with E-state index in [2.05, 4.69) is 53.6 Å². The van der Waals surface area contributed by atoms with Crippen LogP contribution in [0.2, 0.25) is 5.02 Å². The fraction of sp³-hybridized carbons (Fsp3) is 0.400. The molecule has 1 aliphatic carbocycles. The van der Waals surface area contributed by atoms with Gasteiger partial charge in [-0.15, -0.1) is 0 Å². The van der Waals surface area contributed by atoms with E-state index < -0.39 is 0 Å². The van der Waals surface area contributed by atoms with Crippen LogP contribution < -0.4 is 5.32 Å². The number of piperidine rings is 1. The molecule has 2 aromatic rings. The Morgan fingerprint density at radius 2 is 1.97 bits per heavy atom. The fourth-order valence-electron chi connectivity index (χ4n) is 5.29. The van der Waals surface area contributed by atoms with E-state index in [1.807, 2.05) is 18.2 Å². The van der Waals surface area contributed by atoms with E-state index in [9.17, 15) is 4.79 Å². The van der Waals surface area contributed by atoms with Gasteiger partial charge in [-0.1, -0.05) is 35.9 Å². The molecular weight excluding hydrogens is 380 g/mol. The monoisotopic (exact) mass is 406 g/mol. The number of nitrogens with one attached hydrogen (secondary N) is 1. The van der Waals surface area contributed by atoms with Crippen molar-refractivity contribution in [3.05, 3.63) is 76.3 Å². The molecule has 0 unspecified atom stereocenters. The number of likely N-dealkylation sites (tertiary alicyclic amines) is 1. The molecule has 29 heavy (non-hydrogen) atoms. The van der Waals surface area contributed by atoms with Gasteiger partial charge >= 0.3 is 0 Å². The Kier molecular flexibility index (Phi) is 4.87. The van der Waals surface area contributed by atoms with Crippen LogP contribution >= 0.6 is 11.6 Å². The van der Waals surface area contributed by atoms with E-state index in [1.165, 1.54) is 17.5 Å². The Balaban J connectivity index is 1.47. The minimum atomic E-state index is 0.179. The van der Waals surface area contributed by atoms with Gasteiger partial charge in [0.05, 0.1) is 6.04 Å². The van der Waals surface area contributed by atoms with Gasteiger partial charge in [-0.3, -0.25) is 4.79 Å². The van der Waals surface area contributed by atoms with Gasteiger partial charge in [0.1, 0.15) is 0 Å². The first-order valence-corrected chi connectivity index (χ1v) is 11.1. The van der Waals surface area contributed by atoms with Crippen LogP contribution in [-0.2, 0) is 0 Å². The average molecular weight is 407 g/mol. The third-order valence-corrected chi connectivity index (χ3v) is 7.15. The molecule has 150 valence electrons. The Bertz CT molecular complexity index is 952. The highest BCUT2D eigenvalue weighted by Gasteiger charge is 2.38. The minimum Gasteiger partial charge on any atom is -0.378 e. The zero-order chi connectivity index (χ0) is 20.0. The maximum atomic E-state index is 13.2. The second kappa shape index (κ2) is 7.53. The van der Waals surface area contributed by atoms with Gasteiger partial charge in [0.25, 0.3) is 5.91 Å². The molecular formula is C25H27ClN2O. The standard InChI is InChI=1S/C25H27ClN2O/c1-16-5-2-3-14-28(16)25(29)18-10-13-23-22(15-18)20-6-4-7-21(20)24(27-23)17-8-11-19(26)12-9-17/h4,6,8-13,15-16,20-21,24,27H,2-3,5,7,14H2,1H3/t16-,20+,21-,24-/m1/s1. The van der Waals surface area contributed by atoms with Crippen molar-refractivity contribution < 1.29 is 4.79 Å². The van der Waals surface area contributed by atoms with Crippen molar-refractivity contribution in [2.24, 2.45) is 5.92 Å². The number of amides is 1. The van der Waals surface area contributed by atoms with Gasteiger partial charge in [0.15, 0.2) is 0 Å². The molecule has 1 amide bonds. The van der Waals surface area contributed by atoms with Gasteiger partial charge in [-0.05, 0) is 80.0 Å². The van der Waals surface area contributed by atoms with E-state index in [0.29, 0.717) is 17.9 Å². The van der Waals surface area contributed by atoms with Gasteiger partial charge in [0, 0.05) is 34.8 Å². The SMILES string of the molecule is C[C@@H]1CCCCN1C(=O)c1ccc2c(c1)[C@H]1C=CC[C@H]1[C@@H](c1ccc(Cl)cc1)N2. The highest BCUT2D eigenvalue weighted by Crippen LogP contribution is 2.50. The molecule has 5 rings (SSSR count). The zero-order valence-electron chi connectivity index (χ0n) is 16.8. The lowest BCUT2D eigenvalue weighted by Crippen LogP contribution is -2.42. The Hall–Kier alpha value is -2.26. The summed E-state index contributed by atoms with van der Waals surface area (Å²) >= 11 is 6.10. The first-order chi connectivity index (χ1) is 14.1. The van der Waals surface area contributed by atoms with Crippen LogP contribution in [0.3, 0.4) is 0 Å². The summed E-state index contributed by atoms with van der Waals surface area (Å²) in [5.74, 6) is 0.986. The van der Waals surface area contributed by atoms with E-state index in [1.54, 1.807) is 0 Å². The largest absolute Gasteiger partial charge is 0.378 e. The highest BCUT2D eigenvalue weighted by molar-refractivity contribution is 6.30. The molecule has 2 heterocycles. The number of carbonyl (C=O) groups is 1. The van der Waals surface area contributed by atoms with Gasteiger partial charge in [-0.2, -0.15) is 0 Å². The molecule has 1 saturated heterocycles. The molecule has 1 fully saturated rings. The second-order valence-electron chi connectivity index (χ2n) is 8.67. The number of benzene rings is 2. The van der Waals surface area contributed by atoms with E-state index in [-0.39, 0.29) is 11.9 Å². The molecule has 4 heteroatoms. The van der Waals surface area contributed by atoms with E-state index in [0.717, 1.165) is 42.1 Å². The summed E-state index contributed by atoms with van der Waals surface area (Å²) in [6.07, 6.45) is 9.10. The van der Waals surface area contributed by atoms with E-state index in [4.69, 9.17) is 11.6 Å². The topological polar surface area (TPSA) is 32.3 Å². The number of hydrogen-bond donors (Lipinski definition) is 1. The number of carbonyl (C=O) groups excluding carboxylic acids is 1. The van der Waals surface area contributed by atoms with Gasteiger partial charge in [-0.25, -0.2) is 0 Å². The average Bonchev–Trinajstić information content (AvgIpc) is 3.24. The summed E-state index contributed by atoms with van der Waals surface area (Å²) in [6.45, 7) is 3.05. The Morgan fingerprint density at radius 1 is 1.14 bits per heavy atom. The number of allylic oxidation sites excluding steroid dienone is 2. The summed E-state index contributed by atoms with van der Waals surface area (Å²) in [5, 5.41) is 4.52. The van der Waals surface area contributed by atoms with Crippen molar-refractivity contribution in [2.75, 3.05) is 11.9 Å². The van der Waals surface area contributed by atoms with Crippen LogP contribution in [0.4, 0.5) is 5.69 Å². The number of halogens is 1. The molecule has 0 aromatic heterocycles. The normalized spacial score (nSPS) is 27.9. The van der Waals surface area contributed by atoms with Crippen LogP contribution in [0.1, 0.15) is 66.1 Å². The van der Waals surface area contributed by atoms with Crippen molar-refractivity contribution in [3.63, 3.8) is 0 Å². The maximum absolute atomic E-state index is 13.2. The highest BCUT2D eigenvalue weighted by atomic mass is 35.5. The third kappa shape index (κ3) is 3.36. The van der Waals surface area contributed by atoms with Crippen LogP contribution in [0.5, 0.6) is 0 Å². The van der Waals surface area contributed by atoms with Crippen molar-refractivity contribution in [3.8, 4) is 0 Å².